The number of nitrogens with one attached hydrogen (secondary N) is 2. The van der Waals surface area contributed by atoms with Gasteiger partial charge in [0.1, 0.15) is 5.82 Å². The molecule has 2 N–H and O–H groups in total. The van der Waals surface area contributed by atoms with Gasteiger partial charge in [0.05, 0.1) is 0 Å². The van der Waals surface area contributed by atoms with Gasteiger partial charge in [-0.25, -0.2) is 4.39 Å². The molecule has 6 heteroatoms. The maximum Gasteiger partial charge on any atom is 0.253 e. The summed E-state index contributed by atoms with van der Waals surface area (Å²) in [7, 11) is 0. The van der Waals surface area contributed by atoms with Crippen molar-refractivity contribution in [2.24, 2.45) is 0 Å². The molecule has 0 bridgehead atoms. The molecule has 3 rings (SSSR count). The van der Waals surface area contributed by atoms with Crippen LogP contribution in [-0.4, -0.2) is 11.8 Å². The van der Waals surface area contributed by atoms with E-state index in [4.69, 9.17) is 11.6 Å². The predicted octanol–water partition coefficient (Wildman–Crippen LogP) is 3.91. The van der Waals surface area contributed by atoms with Crippen molar-refractivity contribution in [3.8, 4) is 0 Å². The Hall–Kier alpha value is -2.66. The summed E-state index contributed by atoms with van der Waals surface area (Å²) in [5, 5.41) is 5.92. The summed E-state index contributed by atoms with van der Waals surface area (Å²) in [6.07, 6.45) is 1.47. The second-order valence-corrected chi connectivity index (χ2v) is 6.25. The number of rotatable bonds is 3. The molecule has 0 saturated heterocycles. The number of carbonyl (C=O) groups excluding carboxylic acids is 2. The average Bonchev–Trinajstić information content (AvgIpc) is 2.59. The zero-order valence-electron chi connectivity index (χ0n) is 13.5. The molecule has 1 heterocycles. The smallest absolute Gasteiger partial charge is 0.253 e. The topological polar surface area (TPSA) is 58.2 Å². The molecule has 0 saturated carbocycles. The van der Waals surface area contributed by atoms with Gasteiger partial charge in [-0.1, -0.05) is 29.8 Å². The van der Waals surface area contributed by atoms with Gasteiger partial charge in [-0.2, -0.15) is 0 Å². The molecule has 128 valence electrons. The van der Waals surface area contributed by atoms with Crippen LogP contribution >= 0.6 is 11.6 Å². The van der Waals surface area contributed by atoms with Crippen LogP contribution in [0.3, 0.4) is 0 Å². The van der Waals surface area contributed by atoms with Crippen molar-refractivity contribution in [3.63, 3.8) is 0 Å². The molecule has 1 aliphatic heterocycles. The zero-order valence-corrected chi connectivity index (χ0v) is 14.2. The van der Waals surface area contributed by atoms with Crippen molar-refractivity contribution in [2.75, 3.05) is 5.32 Å². The van der Waals surface area contributed by atoms with Crippen LogP contribution in [0.1, 0.15) is 23.5 Å². The largest absolute Gasteiger partial charge is 0.332 e. The van der Waals surface area contributed by atoms with Crippen LogP contribution in [0.2, 0.25) is 5.02 Å². The summed E-state index contributed by atoms with van der Waals surface area (Å²) in [4.78, 5) is 24.5. The molecule has 1 unspecified atom stereocenters. The fourth-order valence-electron chi connectivity index (χ4n) is 2.80. The summed E-state index contributed by atoms with van der Waals surface area (Å²) < 4.78 is 13.6. The Kier molecular flexibility index (Phi) is 4.86. The highest BCUT2D eigenvalue weighted by Gasteiger charge is 2.29. The number of hydrogen-bond donors (Lipinski definition) is 2. The Morgan fingerprint density at radius 2 is 2.04 bits per heavy atom. The first-order chi connectivity index (χ1) is 12.0. The SMILES string of the molecule is Cc1c(Cl)cccc1NC(=O)C1=CNC(=O)CC1c1cccc(F)c1. The molecule has 0 fully saturated rings. The van der Waals surface area contributed by atoms with Gasteiger partial charge in [0.2, 0.25) is 5.91 Å². The van der Waals surface area contributed by atoms with Crippen molar-refractivity contribution in [2.45, 2.75) is 19.3 Å². The fourth-order valence-corrected chi connectivity index (χ4v) is 2.97. The van der Waals surface area contributed by atoms with E-state index in [-0.39, 0.29) is 18.2 Å². The Labute approximate surface area is 149 Å². The van der Waals surface area contributed by atoms with Gasteiger partial charge in [-0.05, 0) is 42.3 Å². The summed E-state index contributed by atoms with van der Waals surface area (Å²) in [6.45, 7) is 1.80. The number of amides is 2. The zero-order chi connectivity index (χ0) is 18.0. The van der Waals surface area contributed by atoms with E-state index in [2.05, 4.69) is 10.6 Å². The minimum atomic E-state index is -0.510. The Morgan fingerprint density at radius 3 is 2.80 bits per heavy atom. The molecule has 0 aromatic heterocycles. The molecule has 2 amide bonds. The van der Waals surface area contributed by atoms with Crippen LogP contribution in [0.5, 0.6) is 0 Å². The molecule has 0 radical (unpaired) electrons. The predicted molar refractivity (Wildman–Crippen MR) is 94.8 cm³/mol. The van der Waals surface area contributed by atoms with Gasteiger partial charge in [-0.15, -0.1) is 0 Å². The minimum Gasteiger partial charge on any atom is -0.332 e. The maximum atomic E-state index is 13.6. The summed E-state index contributed by atoms with van der Waals surface area (Å²) in [5.74, 6) is -1.50. The average molecular weight is 359 g/mol. The second kappa shape index (κ2) is 7.07. The lowest BCUT2D eigenvalue weighted by atomic mass is 9.86. The monoisotopic (exact) mass is 358 g/mol. The minimum absolute atomic E-state index is 0.0806. The lowest BCUT2D eigenvalue weighted by molar-refractivity contribution is -0.121. The van der Waals surface area contributed by atoms with Gasteiger partial charge in [0, 0.05) is 34.8 Å². The van der Waals surface area contributed by atoms with E-state index in [0.717, 1.165) is 5.56 Å². The first kappa shape index (κ1) is 17.2. The molecule has 1 atom stereocenters. The summed E-state index contributed by atoms with van der Waals surface area (Å²) >= 11 is 6.08. The third-order valence-corrected chi connectivity index (χ3v) is 4.59. The molecule has 1 aliphatic rings. The van der Waals surface area contributed by atoms with Gasteiger partial charge < -0.3 is 10.6 Å². The molecular formula is C19H16ClFN2O2. The van der Waals surface area contributed by atoms with E-state index < -0.39 is 11.7 Å². The number of halogens is 2. The molecule has 2 aromatic carbocycles. The lowest BCUT2D eigenvalue weighted by Crippen LogP contribution is -2.32. The van der Waals surface area contributed by atoms with Crippen molar-refractivity contribution in [3.05, 3.63) is 76.2 Å². The van der Waals surface area contributed by atoms with Gasteiger partial charge in [0.15, 0.2) is 0 Å². The van der Waals surface area contributed by atoms with Crippen LogP contribution in [0.25, 0.3) is 0 Å². The number of hydrogen-bond acceptors (Lipinski definition) is 2. The number of carbonyl (C=O) groups is 2. The van der Waals surface area contributed by atoms with Crippen LogP contribution in [0.15, 0.2) is 54.2 Å². The first-order valence-corrected chi connectivity index (χ1v) is 8.15. The number of anilines is 1. The highest BCUT2D eigenvalue weighted by Crippen LogP contribution is 2.32. The number of benzene rings is 2. The van der Waals surface area contributed by atoms with Crippen molar-refractivity contribution >= 4 is 29.1 Å². The van der Waals surface area contributed by atoms with Gasteiger partial charge in [0.25, 0.3) is 5.91 Å². The van der Waals surface area contributed by atoms with Crippen molar-refractivity contribution in [1.29, 1.82) is 0 Å². The Bertz CT molecular complexity index is 879. The van der Waals surface area contributed by atoms with E-state index in [1.807, 2.05) is 0 Å². The normalized spacial score (nSPS) is 16.8. The molecule has 2 aromatic rings. The molecule has 4 nitrogen and oxygen atoms in total. The fraction of sp³-hybridized carbons (Fsp3) is 0.158. The first-order valence-electron chi connectivity index (χ1n) is 7.77. The third kappa shape index (κ3) is 3.72. The Balaban J connectivity index is 1.91. The summed E-state index contributed by atoms with van der Waals surface area (Å²) in [5.41, 5.74) is 2.29. The van der Waals surface area contributed by atoms with Gasteiger partial charge >= 0.3 is 0 Å². The quantitative estimate of drug-likeness (QED) is 0.873. The second-order valence-electron chi connectivity index (χ2n) is 5.85. The highest BCUT2D eigenvalue weighted by atomic mass is 35.5. The van der Waals surface area contributed by atoms with Crippen LogP contribution < -0.4 is 10.6 Å². The van der Waals surface area contributed by atoms with E-state index in [9.17, 15) is 14.0 Å². The van der Waals surface area contributed by atoms with E-state index in [0.29, 0.717) is 21.8 Å². The maximum absolute atomic E-state index is 13.6. The van der Waals surface area contributed by atoms with Crippen molar-refractivity contribution < 1.29 is 14.0 Å². The van der Waals surface area contributed by atoms with Crippen LogP contribution in [-0.2, 0) is 9.59 Å². The third-order valence-electron chi connectivity index (χ3n) is 4.18. The van der Waals surface area contributed by atoms with E-state index in [1.165, 1.54) is 18.3 Å². The molecule has 25 heavy (non-hydrogen) atoms. The van der Waals surface area contributed by atoms with Gasteiger partial charge in [-0.3, -0.25) is 9.59 Å². The highest BCUT2D eigenvalue weighted by molar-refractivity contribution is 6.31. The molecule has 0 aliphatic carbocycles. The van der Waals surface area contributed by atoms with Crippen LogP contribution in [0.4, 0.5) is 10.1 Å². The van der Waals surface area contributed by atoms with Crippen molar-refractivity contribution in [1.82, 2.24) is 5.32 Å². The summed E-state index contributed by atoms with van der Waals surface area (Å²) in [6, 6.07) is 11.2. The molecule has 0 spiro atoms. The van der Waals surface area contributed by atoms with E-state index >= 15 is 0 Å². The lowest BCUT2D eigenvalue weighted by Gasteiger charge is -2.24. The standard InChI is InChI=1S/C19H16ClFN2O2/c1-11-16(20)6-3-7-17(11)23-19(25)15-10-22-18(24)9-14(15)12-4-2-5-13(21)8-12/h2-8,10,14H,9H2,1H3,(H,22,24)(H,23,25). The molecular weight excluding hydrogens is 343 g/mol. The van der Waals surface area contributed by atoms with E-state index in [1.54, 1.807) is 37.3 Å². The Morgan fingerprint density at radius 1 is 1.28 bits per heavy atom. The van der Waals surface area contributed by atoms with Crippen LogP contribution in [0, 0.1) is 12.7 Å².